The maximum atomic E-state index is 12.0. The summed E-state index contributed by atoms with van der Waals surface area (Å²) in [5, 5.41) is 11.8. The van der Waals surface area contributed by atoms with Crippen molar-refractivity contribution in [1.29, 1.82) is 0 Å². The van der Waals surface area contributed by atoms with Crippen LogP contribution in [0.2, 0.25) is 0 Å². The first-order valence-corrected chi connectivity index (χ1v) is 7.79. The first kappa shape index (κ1) is 15.6. The Morgan fingerprint density at radius 3 is 2.70 bits per heavy atom. The van der Waals surface area contributed by atoms with E-state index in [0.717, 1.165) is 18.4 Å². The standard InChI is InChI=1S/C17H21NO5/c1-16(2)9-11-5-3-6-12(14(11)23-16)22-10-13(19)18-17(15(20)21)7-4-8-17/h3,5-6H,4,7-10H2,1-2H3,(H,18,19)(H,20,21). The first-order valence-electron chi connectivity index (χ1n) is 7.79. The summed E-state index contributed by atoms with van der Waals surface area (Å²) >= 11 is 0. The lowest BCUT2D eigenvalue weighted by Crippen LogP contribution is -2.59. The average molecular weight is 319 g/mol. The predicted molar refractivity (Wildman–Crippen MR) is 82.7 cm³/mol. The lowest BCUT2D eigenvalue weighted by molar-refractivity contribution is -0.152. The molecule has 0 saturated heterocycles. The van der Waals surface area contributed by atoms with E-state index in [-0.39, 0.29) is 12.2 Å². The summed E-state index contributed by atoms with van der Waals surface area (Å²) in [6.45, 7) is 3.77. The van der Waals surface area contributed by atoms with Crippen molar-refractivity contribution in [3.63, 3.8) is 0 Å². The Balaban J connectivity index is 1.63. The predicted octanol–water partition coefficient (Wildman–Crippen LogP) is 1.90. The summed E-state index contributed by atoms with van der Waals surface area (Å²) < 4.78 is 11.4. The third-order valence-corrected chi connectivity index (χ3v) is 4.41. The minimum Gasteiger partial charge on any atom is -0.483 e. The van der Waals surface area contributed by atoms with E-state index in [1.54, 1.807) is 6.07 Å². The molecule has 124 valence electrons. The molecule has 2 aliphatic rings. The highest BCUT2D eigenvalue weighted by atomic mass is 16.5. The minimum atomic E-state index is -1.11. The molecule has 23 heavy (non-hydrogen) atoms. The number of carboxylic acid groups (broad SMARTS) is 1. The zero-order valence-electron chi connectivity index (χ0n) is 13.3. The number of carbonyl (C=O) groups excluding carboxylic acids is 1. The molecule has 1 aliphatic heterocycles. The highest BCUT2D eigenvalue weighted by Crippen LogP contribution is 2.41. The molecule has 2 N–H and O–H groups in total. The van der Waals surface area contributed by atoms with E-state index >= 15 is 0 Å². The van der Waals surface area contributed by atoms with Gasteiger partial charge in [-0.2, -0.15) is 0 Å². The Bertz CT molecular complexity index is 648. The van der Waals surface area contributed by atoms with Gasteiger partial charge in [0.05, 0.1) is 0 Å². The van der Waals surface area contributed by atoms with Crippen LogP contribution in [0.3, 0.4) is 0 Å². The number of rotatable bonds is 5. The number of amides is 1. The second kappa shape index (κ2) is 5.44. The zero-order valence-corrected chi connectivity index (χ0v) is 13.3. The molecule has 0 bridgehead atoms. The first-order chi connectivity index (χ1) is 10.8. The molecule has 1 aromatic carbocycles. The molecule has 0 radical (unpaired) electrons. The number of hydrogen-bond donors (Lipinski definition) is 2. The van der Waals surface area contributed by atoms with Gasteiger partial charge < -0.3 is 19.9 Å². The number of hydrogen-bond acceptors (Lipinski definition) is 4. The van der Waals surface area contributed by atoms with E-state index in [0.29, 0.717) is 24.3 Å². The zero-order chi connectivity index (χ0) is 16.7. The van der Waals surface area contributed by atoms with Crippen molar-refractivity contribution in [2.75, 3.05) is 6.61 Å². The lowest BCUT2D eigenvalue weighted by atomic mass is 9.77. The average Bonchev–Trinajstić information content (AvgIpc) is 2.74. The second-order valence-electron chi connectivity index (χ2n) is 6.86. The smallest absolute Gasteiger partial charge is 0.329 e. The van der Waals surface area contributed by atoms with Crippen LogP contribution in [0.25, 0.3) is 0 Å². The van der Waals surface area contributed by atoms with Gasteiger partial charge in [0.25, 0.3) is 5.91 Å². The Morgan fingerprint density at radius 1 is 1.35 bits per heavy atom. The number of ether oxygens (including phenoxy) is 2. The van der Waals surface area contributed by atoms with Gasteiger partial charge in [0.2, 0.25) is 0 Å². The van der Waals surface area contributed by atoms with E-state index in [2.05, 4.69) is 5.32 Å². The fraction of sp³-hybridized carbons (Fsp3) is 0.529. The number of carbonyl (C=O) groups is 2. The number of fused-ring (bicyclic) bond motifs is 1. The Morgan fingerprint density at radius 2 is 2.09 bits per heavy atom. The third-order valence-electron chi connectivity index (χ3n) is 4.41. The molecule has 0 unspecified atom stereocenters. The molecule has 1 saturated carbocycles. The van der Waals surface area contributed by atoms with Crippen molar-refractivity contribution < 1.29 is 24.2 Å². The number of carboxylic acids is 1. The molecule has 1 aromatic rings. The number of benzene rings is 1. The Kier molecular flexibility index (Phi) is 3.70. The van der Waals surface area contributed by atoms with Crippen LogP contribution in [-0.2, 0) is 16.0 Å². The van der Waals surface area contributed by atoms with Crippen LogP contribution >= 0.6 is 0 Å². The summed E-state index contributed by atoms with van der Waals surface area (Å²) in [5.74, 6) is -0.229. The van der Waals surface area contributed by atoms with E-state index in [9.17, 15) is 14.7 Å². The number of nitrogens with one attached hydrogen (secondary N) is 1. The molecule has 1 amide bonds. The molecule has 6 heteroatoms. The monoisotopic (exact) mass is 319 g/mol. The van der Waals surface area contributed by atoms with Crippen LogP contribution in [0.1, 0.15) is 38.7 Å². The fourth-order valence-electron chi connectivity index (χ4n) is 3.07. The molecule has 0 spiro atoms. The quantitative estimate of drug-likeness (QED) is 0.866. The van der Waals surface area contributed by atoms with E-state index in [4.69, 9.17) is 9.47 Å². The Hall–Kier alpha value is -2.24. The van der Waals surface area contributed by atoms with Crippen LogP contribution in [0, 0.1) is 0 Å². The van der Waals surface area contributed by atoms with Crippen LogP contribution in [0.4, 0.5) is 0 Å². The molecule has 6 nitrogen and oxygen atoms in total. The van der Waals surface area contributed by atoms with Crippen LogP contribution < -0.4 is 14.8 Å². The van der Waals surface area contributed by atoms with E-state index in [1.807, 2.05) is 26.0 Å². The van der Waals surface area contributed by atoms with Crippen molar-refractivity contribution in [3.05, 3.63) is 23.8 Å². The summed E-state index contributed by atoms with van der Waals surface area (Å²) in [5.41, 5.74) is -0.352. The second-order valence-corrected chi connectivity index (χ2v) is 6.86. The number of para-hydroxylation sites is 1. The summed E-state index contributed by atoms with van der Waals surface area (Å²) in [6, 6.07) is 5.59. The van der Waals surface area contributed by atoms with Gasteiger partial charge >= 0.3 is 5.97 Å². The maximum absolute atomic E-state index is 12.0. The summed E-state index contributed by atoms with van der Waals surface area (Å²) in [4.78, 5) is 23.3. The summed E-state index contributed by atoms with van der Waals surface area (Å²) in [7, 11) is 0. The Labute approximate surface area is 134 Å². The highest BCUT2D eigenvalue weighted by Gasteiger charge is 2.45. The van der Waals surface area contributed by atoms with Crippen molar-refractivity contribution in [1.82, 2.24) is 5.32 Å². The van der Waals surface area contributed by atoms with Gasteiger partial charge in [-0.05, 0) is 39.2 Å². The molecule has 3 rings (SSSR count). The van der Waals surface area contributed by atoms with Gasteiger partial charge in [0, 0.05) is 12.0 Å². The van der Waals surface area contributed by atoms with Gasteiger partial charge in [-0.25, -0.2) is 4.79 Å². The SMILES string of the molecule is CC1(C)Cc2cccc(OCC(=O)NC3(C(=O)O)CCC3)c2O1. The highest BCUT2D eigenvalue weighted by molar-refractivity contribution is 5.88. The van der Waals surface area contributed by atoms with E-state index in [1.165, 1.54) is 0 Å². The molecule has 1 fully saturated rings. The van der Waals surface area contributed by atoms with Gasteiger partial charge in [-0.1, -0.05) is 12.1 Å². The van der Waals surface area contributed by atoms with Gasteiger partial charge in [0.15, 0.2) is 18.1 Å². The fourth-order valence-corrected chi connectivity index (χ4v) is 3.07. The van der Waals surface area contributed by atoms with Crippen molar-refractivity contribution >= 4 is 11.9 Å². The third kappa shape index (κ3) is 2.98. The number of aliphatic carboxylic acids is 1. The largest absolute Gasteiger partial charge is 0.483 e. The maximum Gasteiger partial charge on any atom is 0.329 e. The van der Waals surface area contributed by atoms with Crippen molar-refractivity contribution in [2.45, 2.75) is 50.7 Å². The van der Waals surface area contributed by atoms with Gasteiger partial charge in [-0.15, -0.1) is 0 Å². The molecule has 1 aliphatic carbocycles. The van der Waals surface area contributed by atoms with Crippen molar-refractivity contribution in [3.8, 4) is 11.5 Å². The van der Waals surface area contributed by atoms with Crippen LogP contribution in [0.5, 0.6) is 11.5 Å². The van der Waals surface area contributed by atoms with Gasteiger partial charge in [0.1, 0.15) is 11.1 Å². The molecule has 0 aromatic heterocycles. The minimum absolute atomic E-state index is 0.227. The molecular formula is C17H21NO5. The normalized spacial score (nSPS) is 19.9. The molecule has 0 atom stereocenters. The van der Waals surface area contributed by atoms with Crippen molar-refractivity contribution in [2.24, 2.45) is 0 Å². The topological polar surface area (TPSA) is 84.9 Å². The summed E-state index contributed by atoms with van der Waals surface area (Å²) in [6.07, 6.45) is 2.52. The lowest BCUT2D eigenvalue weighted by Gasteiger charge is -2.38. The van der Waals surface area contributed by atoms with Gasteiger partial charge in [-0.3, -0.25) is 4.79 Å². The van der Waals surface area contributed by atoms with Crippen LogP contribution in [-0.4, -0.2) is 34.7 Å². The van der Waals surface area contributed by atoms with E-state index < -0.39 is 17.4 Å². The molecule has 1 heterocycles. The molecular weight excluding hydrogens is 298 g/mol. The van der Waals surface area contributed by atoms with Crippen LogP contribution in [0.15, 0.2) is 18.2 Å².